The quantitative estimate of drug-likeness (QED) is 0.255. The summed E-state index contributed by atoms with van der Waals surface area (Å²) in [6.07, 6.45) is 4.97. The van der Waals surface area contributed by atoms with Gasteiger partial charge in [0.25, 0.3) is 0 Å². The van der Waals surface area contributed by atoms with Crippen LogP contribution >= 0.6 is 0 Å². The average molecular weight is 505 g/mol. The number of nitrogens with zero attached hydrogens (tertiary/aromatic N) is 3. The second-order valence-corrected chi connectivity index (χ2v) is 7.67. The van der Waals surface area contributed by atoms with Gasteiger partial charge in [0.15, 0.2) is 0 Å². The molecule has 0 aliphatic carbocycles. The van der Waals surface area contributed by atoms with Crippen molar-refractivity contribution >= 4 is 16.8 Å². The fraction of sp³-hybridized carbons (Fsp3) is 0.375. The molecule has 10 heteroatoms. The summed E-state index contributed by atoms with van der Waals surface area (Å²) in [6.45, 7) is 3.58. The van der Waals surface area contributed by atoms with E-state index >= 15 is 0 Å². The van der Waals surface area contributed by atoms with E-state index in [1.165, 1.54) is 6.33 Å². The molecule has 9 nitrogen and oxygen atoms in total. The minimum atomic E-state index is -0.305. The molecule has 2 heterocycles. The molecule has 0 saturated heterocycles. The SMILES string of the molecule is COc1cc2ncn[c-]c2cc1OCCCNC(=O)[C@H](C)N(C)Cc1[c-]c2c(cc1)OCO2.[Mn+2]. The Hall–Kier alpha value is -3.07. The molecule has 179 valence electrons. The van der Waals surface area contributed by atoms with E-state index in [0.717, 1.165) is 16.5 Å². The molecular formula is C24H26MnN4O5. The van der Waals surface area contributed by atoms with Crippen molar-refractivity contribution in [1.29, 1.82) is 0 Å². The smallest absolute Gasteiger partial charge is 0.516 e. The maximum atomic E-state index is 12.6. The molecule has 2 aromatic carbocycles. The second-order valence-electron chi connectivity index (χ2n) is 7.67. The van der Waals surface area contributed by atoms with Crippen molar-refractivity contribution in [2.45, 2.75) is 25.9 Å². The summed E-state index contributed by atoms with van der Waals surface area (Å²) in [7, 11) is 3.48. The van der Waals surface area contributed by atoms with Crippen molar-refractivity contribution in [3.63, 3.8) is 0 Å². The van der Waals surface area contributed by atoms with E-state index in [1.54, 1.807) is 19.2 Å². The van der Waals surface area contributed by atoms with Crippen LogP contribution in [0.3, 0.4) is 0 Å². The fourth-order valence-electron chi connectivity index (χ4n) is 3.39. The van der Waals surface area contributed by atoms with E-state index in [4.69, 9.17) is 18.9 Å². The number of carbonyl (C=O) groups is 1. The van der Waals surface area contributed by atoms with Crippen LogP contribution in [-0.2, 0) is 28.4 Å². The molecule has 1 atom stereocenters. The zero-order valence-electron chi connectivity index (χ0n) is 19.3. The first-order valence-corrected chi connectivity index (χ1v) is 10.7. The Morgan fingerprint density at radius 2 is 2.15 bits per heavy atom. The fourth-order valence-corrected chi connectivity index (χ4v) is 3.39. The molecule has 1 N–H and O–H groups in total. The standard InChI is InChI=1S/C24H26N4O5.Mn/c1-16(28(2)13-17-5-6-20-22(9-17)33-15-32-20)24(29)26-7-4-8-31-23-10-18-12-25-14-27-19(18)11-21(23)30-3;/h5-6,10-11,14,16H,4,7-8,13,15H2,1-3H3,(H,26,29);/q-2;+2/t16-;/m0./s1. The number of carbonyl (C=O) groups excluding carboxylic acids is 1. The molecule has 4 rings (SSSR count). The summed E-state index contributed by atoms with van der Waals surface area (Å²) in [6, 6.07) is 10.3. The number of hydrogen-bond acceptors (Lipinski definition) is 8. The minimum Gasteiger partial charge on any atom is -0.516 e. The molecule has 0 saturated carbocycles. The topological polar surface area (TPSA) is 95.0 Å². The third kappa shape index (κ3) is 6.08. The van der Waals surface area contributed by atoms with Crippen molar-refractivity contribution < 1.29 is 40.8 Å². The molecule has 1 aliphatic heterocycles. The number of nitrogens with one attached hydrogen (secondary N) is 1. The largest absolute Gasteiger partial charge is 2.00 e. The third-order valence-corrected chi connectivity index (χ3v) is 5.41. The summed E-state index contributed by atoms with van der Waals surface area (Å²) in [5.41, 5.74) is 1.67. The van der Waals surface area contributed by atoms with Gasteiger partial charge >= 0.3 is 17.1 Å². The third-order valence-electron chi connectivity index (χ3n) is 5.41. The van der Waals surface area contributed by atoms with Gasteiger partial charge in [0.1, 0.15) is 11.5 Å². The average Bonchev–Trinajstić information content (AvgIpc) is 3.30. The number of ether oxygens (including phenoxy) is 4. The predicted molar refractivity (Wildman–Crippen MR) is 120 cm³/mol. The van der Waals surface area contributed by atoms with Gasteiger partial charge in [-0.05, 0) is 38.2 Å². The maximum Gasteiger partial charge on any atom is 2.00 e. The van der Waals surface area contributed by atoms with Crippen LogP contribution in [0.4, 0.5) is 0 Å². The number of fused-ring (bicyclic) bond motifs is 2. The maximum absolute atomic E-state index is 12.6. The van der Waals surface area contributed by atoms with Crippen LogP contribution in [0.2, 0.25) is 0 Å². The zero-order chi connectivity index (χ0) is 23.2. The van der Waals surface area contributed by atoms with Crippen molar-refractivity contribution in [3.8, 4) is 23.0 Å². The van der Waals surface area contributed by atoms with E-state index in [-0.39, 0.29) is 35.8 Å². The Balaban J connectivity index is 0.00000324. The van der Waals surface area contributed by atoms with E-state index in [1.807, 2.05) is 31.0 Å². The van der Waals surface area contributed by atoms with Crippen molar-refractivity contribution in [3.05, 3.63) is 48.4 Å². The van der Waals surface area contributed by atoms with Crippen molar-refractivity contribution in [2.24, 2.45) is 0 Å². The molecule has 0 unspecified atom stereocenters. The van der Waals surface area contributed by atoms with Gasteiger partial charge in [-0.15, -0.1) is 23.1 Å². The predicted octanol–water partition coefficient (Wildman–Crippen LogP) is 2.37. The van der Waals surface area contributed by atoms with Gasteiger partial charge in [-0.1, -0.05) is 6.07 Å². The molecule has 1 aromatic heterocycles. The van der Waals surface area contributed by atoms with Gasteiger partial charge in [-0.2, -0.15) is 6.07 Å². The van der Waals surface area contributed by atoms with Gasteiger partial charge in [0.05, 0.1) is 31.3 Å². The molecule has 0 fully saturated rings. The Morgan fingerprint density at radius 3 is 2.97 bits per heavy atom. The number of amides is 1. The monoisotopic (exact) mass is 505 g/mol. The van der Waals surface area contributed by atoms with Gasteiger partial charge in [0, 0.05) is 19.4 Å². The van der Waals surface area contributed by atoms with Crippen LogP contribution < -0.4 is 24.3 Å². The van der Waals surface area contributed by atoms with Crippen LogP contribution in [0, 0.1) is 12.3 Å². The van der Waals surface area contributed by atoms with Crippen LogP contribution in [-0.4, -0.2) is 60.9 Å². The normalized spacial score (nSPS) is 12.8. The minimum absolute atomic E-state index is 0. The Bertz CT molecular complexity index is 1130. The molecule has 0 spiro atoms. The van der Waals surface area contributed by atoms with Gasteiger partial charge in [0.2, 0.25) is 12.7 Å². The number of likely N-dealkylation sites (N-methyl/N-ethyl adjacent to an activating group) is 1. The Morgan fingerprint density at radius 1 is 1.29 bits per heavy atom. The van der Waals surface area contributed by atoms with E-state index in [9.17, 15) is 4.79 Å². The first kappa shape index (κ1) is 25.6. The van der Waals surface area contributed by atoms with Gasteiger partial charge in [-0.25, -0.2) is 0 Å². The zero-order valence-corrected chi connectivity index (χ0v) is 20.4. The summed E-state index contributed by atoms with van der Waals surface area (Å²) >= 11 is 0. The number of aromatic nitrogens is 2. The molecule has 3 aromatic rings. The Kier molecular flexibility index (Phi) is 8.92. The van der Waals surface area contributed by atoms with Gasteiger partial charge in [-0.3, -0.25) is 9.69 Å². The van der Waals surface area contributed by atoms with Crippen molar-refractivity contribution in [1.82, 2.24) is 20.2 Å². The van der Waals surface area contributed by atoms with E-state index in [2.05, 4.69) is 27.5 Å². The summed E-state index contributed by atoms with van der Waals surface area (Å²) in [5.74, 6) is 2.45. The van der Waals surface area contributed by atoms with Crippen LogP contribution in [0.15, 0.2) is 30.6 Å². The number of methoxy groups -OCH3 is 1. The first-order valence-electron chi connectivity index (χ1n) is 10.7. The van der Waals surface area contributed by atoms with Crippen molar-refractivity contribution in [2.75, 3.05) is 34.1 Å². The van der Waals surface area contributed by atoms with E-state index < -0.39 is 0 Å². The number of hydrogen-bond donors (Lipinski definition) is 1. The van der Waals surface area contributed by atoms with Crippen LogP contribution in [0.1, 0.15) is 18.9 Å². The van der Waals surface area contributed by atoms with Crippen LogP contribution in [0.25, 0.3) is 10.9 Å². The molecule has 34 heavy (non-hydrogen) atoms. The van der Waals surface area contributed by atoms with E-state index in [0.29, 0.717) is 49.1 Å². The number of benzene rings is 2. The second kappa shape index (κ2) is 11.9. The molecule has 1 amide bonds. The molecule has 0 bridgehead atoms. The molecular weight excluding hydrogens is 479 g/mol. The molecule has 1 radical (unpaired) electrons. The molecule has 1 aliphatic rings. The van der Waals surface area contributed by atoms with Gasteiger partial charge < -0.3 is 34.2 Å². The Labute approximate surface area is 209 Å². The summed E-state index contributed by atoms with van der Waals surface area (Å²) in [4.78, 5) is 22.6. The summed E-state index contributed by atoms with van der Waals surface area (Å²) < 4.78 is 21.9. The van der Waals surface area contributed by atoms with Crippen LogP contribution in [0.5, 0.6) is 23.0 Å². The number of rotatable bonds is 10. The summed E-state index contributed by atoms with van der Waals surface area (Å²) in [5, 5.41) is 3.71. The first-order chi connectivity index (χ1) is 16.0.